The molecule has 2 atom stereocenters. The molecule has 0 aromatic heterocycles. The zero-order valence-electron chi connectivity index (χ0n) is 20.0. The number of phosphoric ester groups is 1. The molecule has 33 heavy (non-hydrogen) atoms. The van der Waals surface area contributed by atoms with Crippen molar-refractivity contribution in [3.63, 3.8) is 0 Å². The summed E-state index contributed by atoms with van der Waals surface area (Å²) in [6, 6.07) is 0. The molecule has 0 bridgehead atoms. The molecule has 0 aromatic rings. The minimum atomic E-state index is -4.14. The number of carbonyl (C=O) groups excluding carboxylic acids is 3. The molecule has 1 amide bonds. The summed E-state index contributed by atoms with van der Waals surface area (Å²) in [5.41, 5.74) is 0.208. The number of ether oxygens (including phenoxy) is 2. The van der Waals surface area contributed by atoms with Gasteiger partial charge in [-0.2, -0.15) is 0 Å². The lowest BCUT2D eigenvalue weighted by molar-refractivity contribution is -0.163. The largest absolute Gasteiger partial charge is 0.478 e. The maximum absolute atomic E-state index is 12.8. The second-order valence-electron chi connectivity index (χ2n) is 9.62. The third kappa shape index (κ3) is 8.33. The lowest BCUT2D eigenvalue weighted by Crippen LogP contribution is -2.50. The molecule has 11 nitrogen and oxygen atoms in total. The number of hydrogen-bond acceptors (Lipinski definition) is 10. The maximum atomic E-state index is 12.8. The molecule has 0 radical (unpaired) electrons. The van der Waals surface area contributed by atoms with Crippen LogP contribution in [-0.4, -0.2) is 62.8 Å². The van der Waals surface area contributed by atoms with Crippen LogP contribution in [0, 0.1) is 10.8 Å². The van der Waals surface area contributed by atoms with Gasteiger partial charge in [0, 0.05) is 12.0 Å². The van der Waals surface area contributed by atoms with E-state index in [1.54, 1.807) is 34.6 Å². The summed E-state index contributed by atoms with van der Waals surface area (Å²) in [6.45, 7) is 10.3. The van der Waals surface area contributed by atoms with Gasteiger partial charge in [-0.25, -0.2) is 9.09 Å². The molecule has 1 unspecified atom stereocenters. The van der Waals surface area contributed by atoms with E-state index in [1.807, 2.05) is 13.0 Å². The molecule has 2 aliphatic rings. The van der Waals surface area contributed by atoms with Crippen molar-refractivity contribution in [1.82, 2.24) is 5.32 Å². The number of hydrogen-bond donors (Lipinski definition) is 1. The van der Waals surface area contributed by atoms with Gasteiger partial charge in [-0.15, -0.1) is 0 Å². The minimum absolute atomic E-state index is 0.00413. The first-order valence-corrected chi connectivity index (χ1v) is 12.1. The molecular weight excluding hydrogens is 455 g/mol. The number of phosphoric acid groups is 1. The van der Waals surface area contributed by atoms with Crippen LogP contribution in [0.25, 0.3) is 0 Å². The summed E-state index contributed by atoms with van der Waals surface area (Å²) in [5, 5.41) is 2.58. The second-order valence-corrected chi connectivity index (χ2v) is 11.2. The Hall–Kier alpha value is -2.07. The van der Waals surface area contributed by atoms with Gasteiger partial charge in [-0.05, 0) is 33.8 Å². The summed E-state index contributed by atoms with van der Waals surface area (Å²) in [6.07, 6.45) is 0.638. The van der Waals surface area contributed by atoms with E-state index in [2.05, 4.69) is 10.3 Å². The van der Waals surface area contributed by atoms with Gasteiger partial charge < -0.3 is 14.8 Å². The van der Waals surface area contributed by atoms with Gasteiger partial charge in [-0.1, -0.05) is 19.4 Å². The van der Waals surface area contributed by atoms with Crippen molar-refractivity contribution in [2.75, 3.05) is 33.1 Å². The molecule has 0 saturated carbocycles. The van der Waals surface area contributed by atoms with Crippen LogP contribution in [0.5, 0.6) is 0 Å². The SMILES string of the molecule is CC1=CC(COC(=O)CCNC(=O)[C@@H]2OP(=O)(OCOC(=O)C(C)(C)C)OCC2(C)C)=NC1. The third-order valence-corrected chi connectivity index (χ3v) is 6.08. The average molecular weight is 488 g/mol. The Morgan fingerprint density at radius 2 is 1.97 bits per heavy atom. The molecular formula is C21H33N2O9P. The standard InChI is InChI=1S/C21H33N2O9P/c1-14-9-15(23-10-14)11-28-16(24)7-8-22-18(25)17-21(5,6)12-30-33(27,32-17)31-13-29-19(26)20(2,3)4/h9,17H,7-8,10-13H2,1-6H3,(H,22,25)/t17-,33?/m0/s1. The lowest BCUT2D eigenvalue weighted by Gasteiger charge is -2.39. The fourth-order valence-electron chi connectivity index (χ4n) is 2.75. The third-order valence-electron chi connectivity index (χ3n) is 4.74. The van der Waals surface area contributed by atoms with Gasteiger partial charge in [0.05, 0.1) is 30.7 Å². The van der Waals surface area contributed by atoms with E-state index in [0.29, 0.717) is 12.3 Å². The Bertz CT molecular complexity index is 873. The van der Waals surface area contributed by atoms with Crippen LogP contribution >= 0.6 is 7.82 Å². The second kappa shape index (κ2) is 10.9. The molecule has 1 fully saturated rings. The van der Waals surface area contributed by atoms with Crippen LogP contribution in [0.4, 0.5) is 0 Å². The van der Waals surface area contributed by atoms with Gasteiger partial charge >= 0.3 is 19.8 Å². The lowest BCUT2D eigenvalue weighted by atomic mass is 9.87. The van der Waals surface area contributed by atoms with Crippen LogP contribution in [0.2, 0.25) is 0 Å². The zero-order valence-corrected chi connectivity index (χ0v) is 20.9. The van der Waals surface area contributed by atoms with Crippen molar-refractivity contribution >= 4 is 31.4 Å². The van der Waals surface area contributed by atoms with E-state index in [-0.39, 0.29) is 26.2 Å². The predicted molar refractivity (Wildman–Crippen MR) is 118 cm³/mol. The maximum Gasteiger partial charge on any atom is 0.478 e. The zero-order chi connectivity index (χ0) is 24.9. The minimum Gasteiger partial charge on any atom is -0.459 e. The summed E-state index contributed by atoms with van der Waals surface area (Å²) >= 11 is 0. The Morgan fingerprint density at radius 3 is 2.58 bits per heavy atom. The molecule has 0 aromatic carbocycles. The van der Waals surface area contributed by atoms with Crippen molar-refractivity contribution in [3.05, 3.63) is 11.6 Å². The molecule has 12 heteroatoms. The van der Waals surface area contributed by atoms with Gasteiger partial charge in [0.25, 0.3) is 0 Å². The van der Waals surface area contributed by atoms with E-state index < -0.39 is 49.4 Å². The van der Waals surface area contributed by atoms with Crippen molar-refractivity contribution < 1.29 is 42.0 Å². The number of carbonyl (C=O) groups is 3. The molecule has 2 rings (SSSR count). The van der Waals surface area contributed by atoms with Gasteiger partial charge in [0.15, 0.2) is 6.10 Å². The summed E-state index contributed by atoms with van der Waals surface area (Å²) < 4.78 is 38.4. The van der Waals surface area contributed by atoms with E-state index in [0.717, 1.165) is 5.57 Å². The van der Waals surface area contributed by atoms with Gasteiger partial charge in [0.1, 0.15) is 6.61 Å². The molecule has 2 heterocycles. The predicted octanol–water partition coefficient (Wildman–Crippen LogP) is 2.55. The Labute approximate surface area is 193 Å². The van der Waals surface area contributed by atoms with E-state index in [4.69, 9.17) is 23.0 Å². The fourth-order valence-corrected chi connectivity index (χ4v) is 4.26. The van der Waals surface area contributed by atoms with Crippen LogP contribution < -0.4 is 5.32 Å². The number of nitrogens with one attached hydrogen (secondary N) is 1. The van der Waals surface area contributed by atoms with E-state index in [9.17, 15) is 18.9 Å². The topological polar surface area (TPSA) is 139 Å². The van der Waals surface area contributed by atoms with Crippen molar-refractivity contribution in [1.29, 1.82) is 0 Å². The summed E-state index contributed by atoms with van der Waals surface area (Å²) in [7, 11) is -4.14. The first-order valence-electron chi connectivity index (χ1n) is 10.6. The number of amides is 1. The molecule has 0 aliphatic carbocycles. The molecule has 1 saturated heterocycles. The normalized spacial score (nSPS) is 24.5. The summed E-state index contributed by atoms with van der Waals surface area (Å²) in [5.74, 6) is -1.62. The van der Waals surface area contributed by atoms with Crippen LogP contribution in [0.3, 0.4) is 0 Å². The highest BCUT2D eigenvalue weighted by atomic mass is 31.2. The highest BCUT2D eigenvalue weighted by Crippen LogP contribution is 2.57. The smallest absolute Gasteiger partial charge is 0.459 e. The molecule has 186 valence electrons. The number of esters is 2. The van der Waals surface area contributed by atoms with Crippen molar-refractivity contribution in [3.8, 4) is 0 Å². The monoisotopic (exact) mass is 488 g/mol. The highest BCUT2D eigenvalue weighted by Gasteiger charge is 2.49. The molecule has 2 aliphatic heterocycles. The summed E-state index contributed by atoms with van der Waals surface area (Å²) in [4.78, 5) is 40.6. The molecule has 1 N–H and O–H groups in total. The van der Waals surface area contributed by atoms with Gasteiger partial charge in [0.2, 0.25) is 12.7 Å². The number of rotatable bonds is 9. The van der Waals surface area contributed by atoms with E-state index >= 15 is 0 Å². The highest BCUT2D eigenvalue weighted by molar-refractivity contribution is 7.48. The Balaban J connectivity index is 1.81. The first-order chi connectivity index (χ1) is 15.2. The first kappa shape index (κ1) is 27.2. The van der Waals surface area contributed by atoms with Crippen molar-refractivity contribution in [2.45, 2.75) is 54.1 Å². The van der Waals surface area contributed by atoms with Crippen molar-refractivity contribution in [2.24, 2.45) is 15.8 Å². The van der Waals surface area contributed by atoms with E-state index in [1.165, 1.54) is 0 Å². The van der Waals surface area contributed by atoms with Gasteiger partial charge in [-0.3, -0.25) is 28.4 Å². The fraction of sp³-hybridized carbons (Fsp3) is 0.714. The number of aliphatic imine (C=N–C) groups is 1. The van der Waals surface area contributed by atoms with Crippen LogP contribution in [0.15, 0.2) is 16.6 Å². The quantitative estimate of drug-likeness (QED) is 0.295. The Morgan fingerprint density at radius 1 is 1.27 bits per heavy atom. The molecule has 0 spiro atoms. The van der Waals surface area contributed by atoms with Crippen LogP contribution in [0.1, 0.15) is 48.0 Å². The van der Waals surface area contributed by atoms with Crippen LogP contribution in [-0.2, 0) is 42.0 Å². The average Bonchev–Trinajstić information content (AvgIpc) is 3.13. The Kier molecular flexibility index (Phi) is 8.98. The number of nitrogens with zero attached hydrogens (tertiary/aromatic N) is 1.